The van der Waals surface area contributed by atoms with Gasteiger partial charge < -0.3 is 9.47 Å². The fourth-order valence-electron chi connectivity index (χ4n) is 3.09. The molecule has 0 saturated carbocycles. The van der Waals surface area contributed by atoms with Crippen LogP contribution in [0.3, 0.4) is 0 Å². The van der Waals surface area contributed by atoms with Gasteiger partial charge in [-0.15, -0.1) is 0 Å². The van der Waals surface area contributed by atoms with Gasteiger partial charge >= 0.3 is 0 Å². The highest BCUT2D eigenvalue weighted by molar-refractivity contribution is 6.05. The molecule has 2 heterocycles. The standard InChI is InChI=1S/C19H21N3O3/c1-10-11(2)22(15-8-7-14(24-5)9-16(15)25-6)19-17(10)18(12(3)23)20-13(4)21-19/h7-9H,1-6H3. The van der Waals surface area contributed by atoms with E-state index in [4.69, 9.17) is 9.47 Å². The van der Waals surface area contributed by atoms with Gasteiger partial charge in [-0.25, -0.2) is 9.97 Å². The maximum absolute atomic E-state index is 12.1. The number of carbonyl (C=O) groups is 1. The van der Waals surface area contributed by atoms with Crippen LogP contribution in [0.1, 0.15) is 34.5 Å². The van der Waals surface area contributed by atoms with Crippen molar-refractivity contribution in [1.29, 1.82) is 0 Å². The summed E-state index contributed by atoms with van der Waals surface area (Å²) in [6, 6.07) is 5.63. The van der Waals surface area contributed by atoms with Crippen LogP contribution in [0, 0.1) is 20.8 Å². The van der Waals surface area contributed by atoms with Crippen LogP contribution in [0.25, 0.3) is 16.7 Å². The van der Waals surface area contributed by atoms with Crippen molar-refractivity contribution < 1.29 is 14.3 Å². The van der Waals surface area contributed by atoms with E-state index in [1.807, 2.05) is 36.6 Å². The van der Waals surface area contributed by atoms with Gasteiger partial charge in [0.15, 0.2) is 5.78 Å². The summed E-state index contributed by atoms with van der Waals surface area (Å²) < 4.78 is 12.8. The zero-order chi connectivity index (χ0) is 18.3. The van der Waals surface area contributed by atoms with E-state index in [2.05, 4.69) is 9.97 Å². The molecule has 0 N–H and O–H groups in total. The Balaban J connectivity index is 2.42. The van der Waals surface area contributed by atoms with Crippen LogP contribution in [0.2, 0.25) is 0 Å². The Bertz CT molecular complexity index is 989. The molecule has 0 aliphatic heterocycles. The van der Waals surface area contributed by atoms with Gasteiger partial charge in [0.05, 0.1) is 25.3 Å². The highest BCUT2D eigenvalue weighted by atomic mass is 16.5. The van der Waals surface area contributed by atoms with Crippen molar-refractivity contribution in [2.24, 2.45) is 0 Å². The Kier molecular flexibility index (Phi) is 4.20. The molecular formula is C19H21N3O3. The molecule has 0 amide bonds. The van der Waals surface area contributed by atoms with E-state index in [0.29, 0.717) is 28.7 Å². The molecule has 130 valence electrons. The van der Waals surface area contributed by atoms with Crippen LogP contribution in [-0.2, 0) is 0 Å². The minimum atomic E-state index is -0.0718. The smallest absolute Gasteiger partial charge is 0.178 e. The molecule has 0 saturated heterocycles. The lowest BCUT2D eigenvalue weighted by atomic mass is 10.1. The first kappa shape index (κ1) is 17.0. The summed E-state index contributed by atoms with van der Waals surface area (Å²) in [7, 11) is 3.23. The number of ketones is 1. The number of Topliss-reactive ketones (excluding diaryl/α,β-unsaturated/α-hetero) is 1. The van der Waals surface area contributed by atoms with Crippen LogP contribution < -0.4 is 9.47 Å². The minimum absolute atomic E-state index is 0.0718. The van der Waals surface area contributed by atoms with E-state index >= 15 is 0 Å². The second-order valence-corrected chi connectivity index (χ2v) is 5.96. The van der Waals surface area contributed by atoms with Gasteiger partial charge in [-0.05, 0) is 38.5 Å². The molecule has 0 aliphatic rings. The predicted molar refractivity (Wildman–Crippen MR) is 96.2 cm³/mol. The Labute approximate surface area is 146 Å². The molecule has 2 aromatic heterocycles. The van der Waals surface area contributed by atoms with Crippen LogP contribution in [-0.4, -0.2) is 34.5 Å². The number of hydrogen-bond acceptors (Lipinski definition) is 5. The van der Waals surface area contributed by atoms with Crippen molar-refractivity contribution in [3.63, 3.8) is 0 Å². The van der Waals surface area contributed by atoms with Gasteiger partial charge in [-0.2, -0.15) is 0 Å². The van der Waals surface area contributed by atoms with Crippen LogP contribution in [0.4, 0.5) is 0 Å². The van der Waals surface area contributed by atoms with Crippen molar-refractivity contribution in [1.82, 2.24) is 14.5 Å². The first-order valence-electron chi connectivity index (χ1n) is 7.98. The number of ether oxygens (including phenoxy) is 2. The zero-order valence-corrected chi connectivity index (χ0v) is 15.3. The molecule has 0 atom stereocenters. The van der Waals surface area contributed by atoms with Gasteiger partial charge in [0.2, 0.25) is 0 Å². The third-order valence-electron chi connectivity index (χ3n) is 4.43. The Hall–Kier alpha value is -2.89. The second-order valence-electron chi connectivity index (χ2n) is 5.96. The molecular weight excluding hydrogens is 318 g/mol. The normalized spacial score (nSPS) is 11.0. The lowest BCUT2D eigenvalue weighted by Crippen LogP contribution is -2.05. The van der Waals surface area contributed by atoms with Crippen molar-refractivity contribution in [3.8, 4) is 17.2 Å². The quantitative estimate of drug-likeness (QED) is 0.680. The highest BCUT2D eigenvalue weighted by Crippen LogP contribution is 2.35. The van der Waals surface area contributed by atoms with Crippen molar-refractivity contribution in [2.75, 3.05) is 14.2 Å². The predicted octanol–water partition coefficient (Wildman–Crippen LogP) is 3.57. The number of carbonyl (C=O) groups excluding carboxylic acids is 1. The molecule has 25 heavy (non-hydrogen) atoms. The topological polar surface area (TPSA) is 66.2 Å². The third kappa shape index (κ3) is 2.63. The van der Waals surface area contributed by atoms with Crippen LogP contribution >= 0.6 is 0 Å². The first-order valence-corrected chi connectivity index (χ1v) is 7.98. The van der Waals surface area contributed by atoms with Gasteiger partial charge in [-0.1, -0.05) is 0 Å². The lowest BCUT2D eigenvalue weighted by Gasteiger charge is -2.14. The molecule has 1 aromatic carbocycles. The maximum atomic E-state index is 12.1. The van der Waals surface area contributed by atoms with Crippen molar-refractivity contribution in [3.05, 3.63) is 41.0 Å². The summed E-state index contributed by atoms with van der Waals surface area (Å²) in [6.07, 6.45) is 0. The van der Waals surface area contributed by atoms with Crippen LogP contribution in [0.15, 0.2) is 18.2 Å². The Morgan fingerprint density at radius 3 is 2.40 bits per heavy atom. The fourth-order valence-corrected chi connectivity index (χ4v) is 3.09. The Morgan fingerprint density at radius 1 is 1.08 bits per heavy atom. The minimum Gasteiger partial charge on any atom is -0.497 e. The van der Waals surface area contributed by atoms with E-state index in [-0.39, 0.29) is 5.78 Å². The van der Waals surface area contributed by atoms with Gasteiger partial charge in [-0.3, -0.25) is 9.36 Å². The van der Waals surface area contributed by atoms with Crippen molar-refractivity contribution >= 4 is 16.8 Å². The largest absolute Gasteiger partial charge is 0.497 e. The molecule has 0 radical (unpaired) electrons. The van der Waals surface area contributed by atoms with E-state index in [9.17, 15) is 4.79 Å². The molecule has 6 heteroatoms. The summed E-state index contributed by atoms with van der Waals surface area (Å²) in [5, 5.41) is 0.786. The van der Waals surface area contributed by atoms with Gasteiger partial charge in [0.25, 0.3) is 0 Å². The number of aromatic nitrogens is 3. The van der Waals surface area contributed by atoms with E-state index in [0.717, 1.165) is 22.3 Å². The number of fused-ring (bicyclic) bond motifs is 1. The number of rotatable bonds is 4. The van der Waals surface area contributed by atoms with Gasteiger partial charge in [0, 0.05) is 18.7 Å². The molecule has 3 aromatic rings. The first-order chi connectivity index (χ1) is 11.9. The second kappa shape index (κ2) is 6.20. The highest BCUT2D eigenvalue weighted by Gasteiger charge is 2.22. The van der Waals surface area contributed by atoms with Crippen molar-refractivity contribution in [2.45, 2.75) is 27.7 Å². The average Bonchev–Trinajstić information content (AvgIpc) is 2.84. The fraction of sp³-hybridized carbons (Fsp3) is 0.316. The molecule has 0 unspecified atom stereocenters. The summed E-state index contributed by atoms with van der Waals surface area (Å²) in [4.78, 5) is 21.0. The molecule has 6 nitrogen and oxygen atoms in total. The van der Waals surface area contributed by atoms with E-state index in [1.54, 1.807) is 21.1 Å². The molecule has 0 fully saturated rings. The van der Waals surface area contributed by atoms with E-state index in [1.165, 1.54) is 6.92 Å². The van der Waals surface area contributed by atoms with Gasteiger partial charge in [0.1, 0.15) is 28.7 Å². The SMILES string of the molecule is COc1ccc(-n2c(C)c(C)c3c(C(C)=O)nc(C)nc32)c(OC)c1. The number of benzene rings is 1. The maximum Gasteiger partial charge on any atom is 0.178 e. The molecule has 0 bridgehead atoms. The monoisotopic (exact) mass is 339 g/mol. The summed E-state index contributed by atoms with van der Waals surface area (Å²) in [5.41, 5.74) is 3.97. The lowest BCUT2D eigenvalue weighted by molar-refractivity contribution is 0.101. The number of hydrogen-bond donors (Lipinski definition) is 0. The summed E-state index contributed by atoms with van der Waals surface area (Å²) in [6.45, 7) is 7.30. The molecule has 0 spiro atoms. The third-order valence-corrected chi connectivity index (χ3v) is 4.43. The summed E-state index contributed by atoms with van der Waals surface area (Å²) in [5.74, 6) is 1.86. The summed E-state index contributed by atoms with van der Waals surface area (Å²) >= 11 is 0. The van der Waals surface area contributed by atoms with Crippen LogP contribution in [0.5, 0.6) is 11.5 Å². The number of aryl methyl sites for hydroxylation is 2. The zero-order valence-electron chi connectivity index (χ0n) is 15.3. The average molecular weight is 339 g/mol. The molecule has 3 rings (SSSR count). The Morgan fingerprint density at radius 2 is 1.80 bits per heavy atom. The van der Waals surface area contributed by atoms with E-state index < -0.39 is 0 Å². The number of nitrogens with zero attached hydrogens (tertiary/aromatic N) is 3. The number of methoxy groups -OCH3 is 2. The molecule has 0 aliphatic carbocycles.